The Kier molecular flexibility index (Phi) is 4.60. The normalized spacial score (nSPS) is 16.3. The predicted molar refractivity (Wildman–Crippen MR) is 107 cm³/mol. The first-order valence-electron chi connectivity index (χ1n) is 8.54. The minimum atomic E-state index is -0.388. The molecule has 0 bridgehead atoms. The number of nitrogens with zero attached hydrogens (tertiary/aromatic N) is 3. The van der Waals surface area contributed by atoms with Crippen molar-refractivity contribution in [2.24, 2.45) is 5.10 Å². The Bertz CT molecular complexity index is 1000. The summed E-state index contributed by atoms with van der Waals surface area (Å²) in [5.41, 5.74) is 3.77. The third kappa shape index (κ3) is 3.55. The first-order chi connectivity index (χ1) is 13.1. The van der Waals surface area contributed by atoms with Crippen LogP contribution in [0, 0.1) is 10.1 Å². The lowest BCUT2D eigenvalue weighted by Crippen LogP contribution is -2.18. The summed E-state index contributed by atoms with van der Waals surface area (Å²) in [7, 11) is 0. The Balaban J connectivity index is 1.77. The van der Waals surface area contributed by atoms with E-state index in [1.165, 1.54) is 6.07 Å². The summed E-state index contributed by atoms with van der Waals surface area (Å²) in [6, 6.07) is 24.2. The van der Waals surface area contributed by atoms with Gasteiger partial charge in [0.1, 0.15) is 0 Å². The number of non-ortho nitro benzene ring substituents is 1. The van der Waals surface area contributed by atoms with Crippen LogP contribution in [0.2, 0.25) is 5.02 Å². The van der Waals surface area contributed by atoms with Gasteiger partial charge in [0.05, 0.1) is 22.4 Å². The molecule has 1 aliphatic heterocycles. The summed E-state index contributed by atoms with van der Waals surface area (Å²) in [4.78, 5) is 10.8. The molecule has 3 aromatic carbocycles. The number of halogens is 1. The molecule has 6 heteroatoms. The van der Waals surface area contributed by atoms with Crippen molar-refractivity contribution in [3.8, 4) is 0 Å². The zero-order chi connectivity index (χ0) is 18.8. The Labute approximate surface area is 161 Å². The van der Waals surface area contributed by atoms with Gasteiger partial charge in [-0.1, -0.05) is 60.1 Å². The van der Waals surface area contributed by atoms with Crippen LogP contribution in [-0.4, -0.2) is 10.6 Å². The van der Waals surface area contributed by atoms with Crippen LogP contribution >= 0.6 is 11.6 Å². The molecule has 27 heavy (non-hydrogen) atoms. The van der Waals surface area contributed by atoms with Gasteiger partial charge in [-0.25, -0.2) is 0 Å². The number of benzene rings is 3. The van der Waals surface area contributed by atoms with E-state index in [0.29, 0.717) is 17.1 Å². The molecule has 134 valence electrons. The second kappa shape index (κ2) is 7.21. The molecular weight excluding hydrogens is 362 g/mol. The molecule has 0 aromatic heterocycles. The lowest BCUT2D eigenvalue weighted by Gasteiger charge is -2.23. The van der Waals surface area contributed by atoms with Crippen LogP contribution in [0.1, 0.15) is 23.6 Å². The highest BCUT2D eigenvalue weighted by atomic mass is 35.5. The van der Waals surface area contributed by atoms with E-state index < -0.39 is 0 Å². The lowest BCUT2D eigenvalue weighted by molar-refractivity contribution is -0.384. The Morgan fingerprint density at radius 2 is 1.74 bits per heavy atom. The standard InChI is InChI=1S/C21H16ClN3O2/c22-17-11-9-15(10-12-17)20-14-21(16-5-2-1-3-6-16)24(23-20)18-7-4-8-19(13-18)25(26)27/h1-13,21H,14H2/t21-/m0/s1. The number of rotatable bonds is 4. The minimum Gasteiger partial charge on any atom is -0.258 e. The topological polar surface area (TPSA) is 58.7 Å². The highest BCUT2D eigenvalue weighted by Gasteiger charge is 2.30. The van der Waals surface area contributed by atoms with Crippen molar-refractivity contribution in [2.75, 3.05) is 5.01 Å². The molecular formula is C21H16ClN3O2. The highest BCUT2D eigenvalue weighted by Crippen LogP contribution is 2.37. The van der Waals surface area contributed by atoms with Crippen LogP contribution in [0.4, 0.5) is 11.4 Å². The molecule has 3 aromatic rings. The van der Waals surface area contributed by atoms with Crippen LogP contribution in [-0.2, 0) is 0 Å². The van der Waals surface area contributed by atoms with Gasteiger partial charge >= 0.3 is 0 Å². The fourth-order valence-electron chi connectivity index (χ4n) is 3.25. The van der Waals surface area contributed by atoms with E-state index in [0.717, 1.165) is 16.8 Å². The SMILES string of the molecule is O=[N+]([O-])c1cccc(N2N=C(c3ccc(Cl)cc3)C[C@H]2c2ccccc2)c1. The van der Waals surface area contributed by atoms with Gasteiger partial charge in [-0.3, -0.25) is 15.1 Å². The van der Waals surface area contributed by atoms with E-state index in [4.69, 9.17) is 16.7 Å². The van der Waals surface area contributed by atoms with Crippen molar-refractivity contribution in [1.82, 2.24) is 0 Å². The summed E-state index contributed by atoms with van der Waals surface area (Å²) in [6.45, 7) is 0. The Morgan fingerprint density at radius 1 is 1.00 bits per heavy atom. The second-order valence-electron chi connectivity index (χ2n) is 6.31. The maximum atomic E-state index is 11.2. The van der Waals surface area contributed by atoms with E-state index in [2.05, 4.69) is 12.1 Å². The van der Waals surface area contributed by atoms with Crippen LogP contribution in [0.25, 0.3) is 0 Å². The van der Waals surface area contributed by atoms with E-state index in [-0.39, 0.29) is 16.7 Å². The van der Waals surface area contributed by atoms with Crippen molar-refractivity contribution >= 4 is 28.7 Å². The first kappa shape index (κ1) is 17.2. The van der Waals surface area contributed by atoms with Gasteiger partial charge in [0.25, 0.3) is 5.69 Å². The number of hydrazone groups is 1. The van der Waals surface area contributed by atoms with Crippen LogP contribution in [0.5, 0.6) is 0 Å². The number of anilines is 1. The molecule has 0 unspecified atom stereocenters. The average Bonchev–Trinajstić information content (AvgIpc) is 3.15. The smallest absolute Gasteiger partial charge is 0.258 e. The van der Waals surface area contributed by atoms with Crippen molar-refractivity contribution in [1.29, 1.82) is 0 Å². The van der Waals surface area contributed by atoms with Crippen molar-refractivity contribution in [3.63, 3.8) is 0 Å². The molecule has 0 radical (unpaired) electrons. The first-order valence-corrected chi connectivity index (χ1v) is 8.92. The molecule has 0 saturated carbocycles. The fourth-order valence-corrected chi connectivity index (χ4v) is 3.38. The van der Waals surface area contributed by atoms with E-state index in [1.54, 1.807) is 12.1 Å². The molecule has 0 aliphatic carbocycles. The summed E-state index contributed by atoms with van der Waals surface area (Å²) < 4.78 is 0. The maximum Gasteiger partial charge on any atom is 0.271 e. The molecule has 0 amide bonds. The van der Waals surface area contributed by atoms with Crippen molar-refractivity contribution in [3.05, 3.63) is 105 Å². The van der Waals surface area contributed by atoms with E-state index in [1.807, 2.05) is 53.5 Å². The van der Waals surface area contributed by atoms with Gasteiger partial charge in [0, 0.05) is 23.6 Å². The van der Waals surface area contributed by atoms with Gasteiger partial charge < -0.3 is 0 Å². The predicted octanol–water partition coefficient (Wildman–Crippen LogP) is 5.60. The summed E-state index contributed by atoms with van der Waals surface area (Å²) in [6.07, 6.45) is 0.703. The molecule has 0 fully saturated rings. The molecule has 4 rings (SSSR count). The van der Waals surface area contributed by atoms with E-state index in [9.17, 15) is 10.1 Å². The van der Waals surface area contributed by atoms with Gasteiger partial charge in [0.15, 0.2) is 0 Å². The Morgan fingerprint density at radius 3 is 2.44 bits per heavy atom. The lowest BCUT2D eigenvalue weighted by atomic mass is 9.98. The summed E-state index contributed by atoms with van der Waals surface area (Å²) in [5, 5.41) is 18.5. The molecule has 5 nitrogen and oxygen atoms in total. The van der Waals surface area contributed by atoms with Gasteiger partial charge in [-0.2, -0.15) is 5.10 Å². The van der Waals surface area contributed by atoms with Crippen LogP contribution in [0.15, 0.2) is 84.0 Å². The van der Waals surface area contributed by atoms with Crippen LogP contribution < -0.4 is 5.01 Å². The number of hydrogen-bond donors (Lipinski definition) is 0. The van der Waals surface area contributed by atoms with Crippen molar-refractivity contribution in [2.45, 2.75) is 12.5 Å². The average molecular weight is 378 g/mol. The monoisotopic (exact) mass is 377 g/mol. The molecule has 0 spiro atoms. The van der Waals surface area contributed by atoms with Gasteiger partial charge in [-0.15, -0.1) is 0 Å². The maximum absolute atomic E-state index is 11.2. The zero-order valence-electron chi connectivity index (χ0n) is 14.3. The molecule has 0 N–H and O–H groups in total. The Hall–Kier alpha value is -3.18. The fraction of sp³-hybridized carbons (Fsp3) is 0.0952. The molecule has 1 aliphatic rings. The largest absolute Gasteiger partial charge is 0.271 e. The molecule has 1 atom stereocenters. The summed E-state index contributed by atoms with van der Waals surface area (Å²) in [5.74, 6) is 0. The number of hydrogen-bond acceptors (Lipinski definition) is 4. The molecule has 0 saturated heterocycles. The minimum absolute atomic E-state index is 0.0288. The van der Waals surface area contributed by atoms with Crippen molar-refractivity contribution < 1.29 is 4.92 Å². The highest BCUT2D eigenvalue weighted by molar-refractivity contribution is 6.30. The third-order valence-corrected chi connectivity index (χ3v) is 4.83. The zero-order valence-corrected chi connectivity index (χ0v) is 15.1. The number of nitro groups is 1. The van der Waals surface area contributed by atoms with E-state index >= 15 is 0 Å². The summed E-state index contributed by atoms with van der Waals surface area (Å²) >= 11 is 6.00. The second-order valence-corrected chi connectivity index (χ2v) is 6.74. The van der Waals surface area contributed by atoms with Crippen LogP contribution in [0.3, 0.4) is 0 Å². The van der Waals surface area contributed by atoms with Gasteiger partial charge in [0.2, 0.25) is 0 Å². The molecule has 1 heterocycles. The third-order valence-electron chi connectivity index (χ3n) is 4.58. The number of nitro benzene ring substituents is 1. The van der Waals surface area contributed by atoms with Gasteiger partial charge in [-0.05, 0) is 29.3 Å². The quantitative estimate of drug-likeness (QED) is 0.439.